The lowest BCUT2D eigenvalue weighted by molar-refractivity contribution is 0.0858. The van der Waals surface area contributed by atoms with E-state index in [2.05, 4.69) is 10.3 Å². The van der Waals surface area contributed by atoms with Crippen molar-refractivity contribution < 1.29 is 18.7 Å². The normalized spacial score (nSPS) is 23.9. The topological polar surface area (TPSA) is 90.7 Å². The summed E-state index contributed by atoms with van der Waals surface area (Å²) in [6, 6.07) is 5.57. The second-order valence-electron chi connectivity index (χ2n) is 8.15. The van der Waals surface area contributed by atoms with Gasteiger partial charge in [0.2, 0.25) is 0 Å². The highest BCUT2D eigenvalue weighted by Crippen LogP contribution is 2.29. The lowest BCUT2D eigenvalue weighted by atomic mass is 9.92. The molecule has 1 saturated heterocycles. The summed E-state index contributed by atoms with van der Waals surface area (Å²) < 4.78 is 17.1. The zero-order valence-electron chi connectivity index (χ0n) is 17.5. The summed E-state index contributed by atoms with van der Waals surface area (Å²) in [5.41, 5.74) is 0.989. The van der Waals surface area contributed by atoms with Crippen LogP contribution < -0.4 is 15.7 Å². The van der Waals surface area contributed by atoms with Gasteiger partial charge in [-0.1, -0.05) is 0 Å². The van der Waals surface area contributed by atoms with Crippen LogP contribution in [0.15, 0.2) is 33.6 Å². The average Bonchev–Trinajstić information content (AvgIpc) is 3.25. The lowest BCUT2D eigenvalue weighted by Gasteiger charge is -2.29. The molecular formula is C23H28N2O5. The van der Waals surface area contributed by atoms with E-state index in [-0.39, 0.29) is 29.7 Å². The van der Waals surface area contributed by atoms with Gasteiger partial charge in [0, 0.05) is 18.8 Å². The molecule has 2 aromatic rings. The summed E-state index contributed by atoms with van der Waals surface area (Å²) in [5, 5.41) is 3.00. The van der Waals surface area contributed by atoms with Crippen molar-refractivity contribution >= 4 is 5.91 Å². The summed E-state index contributed by atoms with van der Waals surface area (Å²) in [6.07, 6.45) is 6.73. The number of aryl methyl sites for hydroxylation is 2. The van der Waals surface area contributed by atoms with Gasteiger partial charge in [0.05, 0.1) is 11.8 Å². The smallest absolute Gasteiger partial charge is 0.349 e. The van der Waals surface area contributed by atoms with Crippen LogP contribution in [0.1, 0.15) is 72.0 Å². The average molecular weight is 412 g/mol. The molecule has 2 fully saturated rings. The van der Waals surface area contributed by atoms with Crippen molar-refractivity contribution in [3.63, 3.8) is 0 Å². The molecule has 7 heteroatoms. The minimum absolute atomic E-state index is 0.0176. The highest BCUT2D eigenvalue weighted by Gasteiger charge is 2.27. The second-order valence-corrected chi connectivity index (χ2v) is 8.15. The van der Waals surface area contributed by atoms with E-state index in [1.54, 1.807) is 19.2 Å². The third-order valence-corrected chi connectivity index (χ3v) is 5.90. The van der Waals surface area contributed by atoms with E-state index >= 15 is 0 Å². The molecule has 160 valence electrons. The molecular weight excluding hydrogens is 384 g/mol. The third kappa shape index (κ3) is 4.56. The lowest BCUT2D eigenvalue weighted by Crippen LogP contribution is -2.41. The zero-order valence-corrected chi connectivity index (χ0v) is 17.5. The number of hydrogen-bond donors (Lipinski definition) is 1. The molecule has 7 nitrogen and oxygen atoms in total. The Morgan fingerprint density at radius 2 is 2.00 bits per heavy atom. The molecule has 3 heterocycles. The van der Waals surface area contributed by atoms with Crippen LogP contribution in [-0.4, -0.2) is 29.6 Å². The zero-order chi connectivity index (χ0) is 21.1. The van der Waals surface area contributed by atoms with E-state index in [0.717, 1.165) is 50.0 Å². The van der Waals surface area contributed by atoms with Crippen LogP contribution >= 0.6 is 0 Å². The molecule has 4 rings (SSSR count). The van der Waals surface area contributed by atoms with Gasteiger partial charge in [-0.25, -0.2) is 4.79 Å². The van der Waals surface area contributed by atoms with Crippen molar-refractivity contribution in [2.45, 2.75) is 70.6 Å². The molecule has 2 aliphatic rings. The van der Waals surface area contributed by atoms with Crippen LogP contribution in [0.25, 0.3) is 0 Å². The fourth-order valence-corrected chi connectivity index (χ4v) is 4.22. The Kier molecular flexibility index (Phi) is 6.18. The van der Waals surface area contributed by atoms with Crippen LogP contribution in [0.5, 0.6) is 5.75 Å². The molecule has 2 aromatic heterocycles. The fourth-order valence-electron chi connectivity index (χ4n) is 4.22. The van der Waals surface area contributed by atoms with Crippen molar-refractivity contribution in [2.75, 3.05) is 6.61 Å². The van der Waals surface area contributed by atoms with Gasteiger partial charge in [0.15, 0.2) is 0 Å². The van der Waals surface area contributed by atoms with Crippen LogP contribution in [0, 0.1) is 13.8 Å². The Labute approximate surface area is 175 Å². The summed E-state index contributed by atoms with van der Waals surface area (Å²) in [5.74, 6) is 0.951. The monoisotopic (exact) mass is 412 g/mol. The van der Waals surface area contributed by atoms with E-state index in [0.29, 0.717) is 17.9 Å². The maximum atomic E-state index is 12.8. The molecule has 0 radical (unpaired) electrons. The fraction of sp³-hybridized carbons (Fsp3) is 0.522. The predicted molar refractivity (Wildman–Crippen MR) is 111 cm³/mol. The van der Waals surface area contributed by atoms with Gasteiger partial charge in [0.25, 0.3) is 5.91 Å². The highest BCUT2D eigenvalue weighted by molar-refractivity contribution is 5.95. The number of nitrogens with one attached hydrogen (secondary N) is 1. The molecule has 1 amide bonds. The molecule has 0 aromatic carbocycles. The van der Waals surface area contributed by atoms with Crippen LogP contribution in [0.2, 0.25) is 0 Å². The highest BCUT2D eigenvalue weighted by atomic mass is 16.5. The Bertz CT molecular complexity index is 956. The van der Waals surface area contributed by atoms with Gasteiger partial charge in [0.1, 0.15) is 23.2 Å². The summed E-state index contributed by atoms with van der Waals surface area (Å²) in [6.45, 7) is 4.37. The van der Waals surface area contributed by atoms with Crippen molar-refractivity contribution in [1.29, 1.82) is 0 Å². The Balaban J connectivity index is 1.35. The number of carbonyl (C=O) groups is 1. The molecule has 30 heavy (non-hydrogen) atoms. The summed E-state index contributed by atoms with van der Waals surface area (Å²) in [4.78, 5) is 29.5. The van der Waals surface area contributed by atoms with Crippen molar-refractivity contribution in [3.05, 3.63) is 57.4 Å². The molecule has 0 spiro atoms. The third-order valence-electron chi connectivity index (χ3n) is 5.90. The van der Waals surface area contributed by atoms with Gasteiger partial charge in [-0.2, -0.15) is 0 Å². The predicted octanol–water partition coefficient (Wildman–Crippen LogP) is 3.62. The minimum Gasteiger partial charge on any atom is -0.489 e. The number of hydrogen-bond acceptors (Lipinski definition) is 6. The van der Waals surface area contributed by atoms with Gasteiger partial charge in [-0.3, -0.25) is 9.78 Å². The maximum absolute atomic E-state index is 12.8. The quantitative estimate of drug-likeness (QED) is 0.807. The maximum Gasteiger partial charge on any atom is 0.349 e. The van der Waals surface area contributed by atoms with Crippen LogP contribution in [0.3, 0.4) is 0 Å². The van der Waals surface area contributed by atoms with Crippen molar-refractivity contribution in [3.8, 4) is 5.75 Å². The SMILES string of the molecule is Cc1cc(C2CCCO2)oc(=O)c1C(=O)NC1CCC(Oc2cccnc2C)CC1. The van der Waals surface area contributed by atoms with Gasteiger partial charge < -0.3 is 19.2 Å². The molecule has 1 atom stereocenters. The Morgan fingerprint density at radius 3 is 2.67 bits per heavy atom. The van der Waals surface area contributed by atoms with Gasteiger partial charge >= 0.3 is 5.63 Å². The number of nitrogens with zero attached hydrogens (tertiary/aromatic N) is 1. The van der Waals surface area contributed by atoms with E-state index in [9.17, 15) is 9.59 Å². The summed E-state index contributed by atoms with van der Waals surface area (Å²) >= 11 is 0. The first-order valence-electron chi connectivity index (χ1n) is 10.7. The first-order chi connectivity index (χ1) is 14.5. The first-order valence-corrected chi connectivity index (χ1v) is 10.7. The number of carbonyl (C=O) groups excluding carboxylic acids is 1. The number of amides is 1. The van der Waals surface area contributed by atoms with E-state index in [4.69, 9.17) is 13.9 Å². The molecule has 1 aliphatic carbocycles. The Morgan fingerprint density at radius 1 is 1.20 bits per heavy atom. The summed E-state index contributed by atoms with van der Waals surface area (Å²) in [7, 11) is 0. The standard InChI is InChI=1S/C23H28N2O5/c1-14-13-20(19-6-4-12-28-19)30-23(27)21(14)22(26)25-16-7-9-17(10-8-16)29-18-5-3-11-24-15(18)2/h3,5,11,13,16-17,19H,4,6-10,12H2,1-2H3,(H,25,26). The van der Waals surface area contributed by atoms with E-state index in [1.165, 1.54) is 0 Å². The largest absolute Gasteiger partial charge is 0.489 e. The van der Waals surface area contributed by atoms with Crippen molar-refractivity contribution in [2.24, 2.45) is 0 Å². The molecule has 1 saturated carbocycles. The van der Waals surface area contributed by atoms with Gasteiger partial charge in [-0.05, 0) is 76.1 Å². The molecule has 0 bridgehead atoms. The molecule has 1 N–H and O–H groups in total. The van der Waals surface area contributed by atoms with E-state index < -0.39 is 5.63 Å². The number of aromatic nitrogens is 1. The first kappa shape index (κ1) is 20.6. The molecule has 1 unspecified atom stereocenters. The number of pyridine rings is 1. The van der Waals surface area contributed by atoms with Crippen molar-refractivity contribution in [1.82, 2.24) is 10.3 Å². The van der Waals surface area contributed by atoms with Gasteiger partial charge in [-0.15, -0.1) is 0 Å². The molecule has 1 aliphatic heterocycles. The van der Waals surface area contributed by atoms with E-state index in [1.807, 2.05) is 19.1 Å². The second kappa shape index (κ2) is 9.00. The van der Waals surface area contributed by atoms with Crippen LogP contribution in [-0.2, 0) is 4.74 Å². The Hall–Kier alpha value is -2.67. The number of rotatable bonds is 5. The minimum atomic E-state index is -0.595. The van der Waals surface area contributed by atoms with Crippen LogP contribution in [0.4, 0.5) is 0 Å². The number of ether oxygens (including phenoxy) is 2.